The summed E-state index contributed by atoms with van der Waals surface area (Å²) < 4.78 is 22.0. The van der Waals surface area contributed by atoms with E-state index in [1.54, 1.807) is 0 Å². The third kappa shape index (κ3) is 10.8. The number of nitrogens with one attached hydrogen (secondary N) is 1. The molecule has 0 aliphatic heterocycles. The highest BCUT2D eigenvalue weighted by Crippen LogP contribution is 2.06. The quantitative estimate of drug-likeness (QED) is 0.406. The Morgan fingerprint density at radius 2 is 1.78 bits per heavy atom. The lowest BCUT2D eigenvalue weighted by molar-refractivity contribution is -0.143. The number of rotatable bonds is 13. The Hall–Kier alpha value is -1.89. The average Bonchev–Trinajstić information content (AvgIpc) is 2.69. The van der Waals surface area contributed by atoms with E-state index < -0.39 is 28.9 Å². The number of ether oxygens (including phenoxy) is 2. The van der Waals surface area contributed by atoms with Gasteiger partial charge in [0, 0.05) is 22.3 Å². The van der Waals surface area contributed by atoms with E-state index >= 15 is 0 Å². The minimum Gasteiger partial charge on any atom is -0.467 e. The fourth-order valence-corrected chi connectivity index (χ4v) is 3.75. The molecule has 1 rings (SSSR count). The molecule has 152 valence electrons. The second-order valence-electron chi connectivity index (χ2n) is 6.33. The van der Waals surface area contributed by atoms with E-state index in [9.17, 15) is 13.8 Å². The van der Waals surface area contributed by atoms with Crippen LogP contribution in [-0.4, -0.2) is 40.9 Å². The molecule has 0 saturated heterocycles. The zero-order chi connectivity index (χ0) is 19.9. The normalized spacial score (nSPS) is 12.8. The van der Waals surface area contributed by atoms with Crippen LogP contribution in [0.4, 0.5) is 4.79 Å². The van der Waals surface area contributed by atoms with Crippen molar-refractivity contribution in [3.05, 3.63) is 35.9 Å². The molecule has 0 spiro atoms. The molecular weight excluding hydrogens is 366 g/mol. The van der Waals surface area contributed by atoms with Gasteiger partial charge in [0.15, 0.2) is 0 Å². The van der Waals surface area contributed by atoms with Gasteiger partial charge in [-0.15, -0.1) is 0 Å². The van der Waals surface area contributed by atoms with Gasteiger partial charge in [-0.3, -0.25) is 4.21 Å². The van der Waals surface area contributed by atoms with Crippen molar-refractivity contribution in [2.75, 3.05) is 18.6 Å². The van der Waals surface area contributed by atoms with Crippen molar-refractivity contribution in [3.63, 3.8) is 0 Å². The summed E-state index contributed by atoms with van der Waals surface area (Å²) in [4.78, 5) is 23.8. The molecule has 0 aliphatic carbocycles. The number of esters is 1. The molecule has 0 fully saturated rings. The SMILES string of the molecule is CCCCCCCS(=O)CC[C@H](NC(=O)OCc1ccccc1)C(=O)OC. The van der Waals surface area contributed by atoms with Crippen molar-refractivity contribution in [3.8, 4) is 0 Å². The van der Waals surface area contributed by atoms with Gasteiger partial charge in [0.2, 0.25) is 0 Å². The number of alkyl carbamates (subject to hydrolysis) is 1. The van der Waals surface area contributed by atoms with Gasteiger partial charge < -0.3 is 14.8 Å². The van der Waals surface area contributed by atoms with Crippen LogP contribution in [0.2, 0.25) is 0 Å². The van der Waals surface area contributed by atoms with Crippen LogP contribution in [0.3, 0.4) is 0 Å². The van der Waals surface area contributed by atoms with Crippen LogP contribution in [-0.2, 0) is 31.7 Å². The molecule has 0 heterocycles. The number of hydrogen-bond donors (Lipinski definition) is 1. The van der Waals surface area contributed by atoms with Crippen LogP contribution in [0, 0.1) is 0 Å². The summed E-state index contributed by atoms with van der Waals surface area (Å²) in [6.45, 7) is 2.27. The standard InChI is InChI=1S/C20H31NO5S/c1-3-4-5-6-10-14-27(24)15-13-18(19(22)25-2)21-20(23)26-16-17-11-8-7-9-12-17/h7-9,11-12,18H,3-6,10,13-16H2,1-2H3,(H,21,23)/t18-,27?/m0/s1. The van der Waals surface area contributed by atoms with Gasteiger partial charge in [-0.25, -0.2) is 9.59 Å². The largest absolute Gasteiger partial charge is 0.467 e. The predicted octanol–water partition coefficient (Wildman–Crippen LogP) is 3.56. The van der Waals surface area contributed by atoms with Crippen molar-refractivity contribution in [2.24, 2.45) is 0 Å². The Kier molecular flexibility index (Phi) is 12.2. The molecular formula is C20H31NO5S. The number of hydrogen-bond acceptors (Lipinski definition) is 5. The van der Waals surface area contributed by atoms with Crippen LogP contribution in [0.5, 0.6) is 0 Å². The lowest BCUT2D eigenvalue weighted by Crippen LogP contribution is -2.42. The Morgan fingerprint density at radius 1 is 1.07 bits per heavy atom. The van der Waals surface area contributed by atoms with E-state index in [0.29, 0.717) is 11.5 Å². The van der Waals surface area contributed by atoms with Crippen LogP contribution < -0.4 is 5.32 Å². The topological polar surface area (TPSA) is 81.7 Å². The van der Waals surface area contributed by atoms with Crippen molar-refractivity contribution in [1.82, 2.24) is 5.32 Å². The minimum atomic E-state index is -1.01. The zero-order valence-electron chi connectivity index (χ0n) is 16.3. The predicted molar refractivity (Wildman–Crippen MR) is 107 cm³/mol. The maximum Gasteiger partial charge on any atom is 0.408 e. The average molecular weight is 398 g/mol. The molecule has 0 aliphatic rings. The lowest BCUT2D eigenvalue weighted by atomic mass is 10.2. The monoisotopic (exact) mass is 397 g/mol. The highest BCUT2D eigenvalue weighted by Gasteiger charge is 2.22. The summed E-state index contributed by atoms with van der Waals surface area (Å²) in [7, 11) is 0.248. The molecule has 0 bridgehead atoms. The van der Waals surface area contributed by atoms with E-state index in [4.69, 9.17) is 9.47 Å². The van der Waals surface area contributed by atoms with Gasteiger partial charge in [-0.05, 0) is 18.4 Å². The highest BCUT2D eigenvalue weighted by atomic mass is 32.2. The molecule has 0 saturated carbocycles. The number of benzene rings is 1. The maximum atomic E-state index is 12.1. The fraction of sp³-hybridized carbons (Fsp3) is 0.600. The van der Waals surface area contributed by atoms with Crippen molar-refractivity contribution >= 4 is 22.9 Å². The highest BCUT2D eigenvalue weighted by molar-refractivity contribution is 7.84. The first-order valence-electron chi connectivity index (χ1n) is 9.46. The molecule has 1 unspecified atom stereocenters. The Bertz CT molecular complexity index is 579. The van der Waals surface area contributed by atoms with Gasteiger partial charge in [-0.1, -0.05) is 62.9 Å². The molecule has 0 radical (unpaired) electrons. The van der Waals surface area contributed by atoms with Crippen molar-refractivity contribution in [1.29, 1.82) is 0 Å². The van der Waals surface area contributed by atoms with Crippen LogP contribution in [0.1, 0.15) is 51.0 Å². The van der Waals surface area contributed by atoms with Gasteiger partial charge in [0.1, 0.15) is 12.6 Å². The third-order valence-corrected chi connectivity index (χ3v) is 5.54. The van der Waals surface area contributed by atoms with E-state index in [1.807, 2.05) is 30.3 Å². The summed E-state index contributed by atoms with van der Waals surface area (Å²) in [5, 5.41) is 2.51. The lowest BCUT2D eigenvalue weighted by Gasteiger charge is -2.16. The van der Waals surface area contributed by atoms with Gasteiger partial charge in [0.05, 0.1) is 7.11 Å². The zero-order valence-corrected chi connectivity index (χ0v) is 17.1. The molecule has 7 heteroatoms. The first-order chi connectivity index (χ1) is 13.1. The number of carbonyl (C=O) groups is 2. The fourth-order valence-electron chi connectivity index (χ4n) is 2.52. The van der Waals surface area contributed by atoms with Crippen LogP contribution in [0.25, 0.3) is 0 Å². The second-order valence-corrected chi connectivity index (χ2v) is 8.03. The van der Waals surface area contributed by atoms with Gasteiger partial charge in [-0.2, -0.15) is 0 Å². The summed E-state index contributed by atoms with van der Waals surface area (Å²) in [5.74, 6) is 0.398. The van der Waals surface area contributed by atoms with Crippen molar-refractivity contribution < 1.29 is 23.3 Å². The Morgan fingerprint density at radius 3 is 2.44 bits per heavy atom. The van der Waals surface area contributed by atoms with Crippen LogP contribution in [0.15, 0.2) is 30.3 Å². The molecule has 2 atom stereocenters. The number of amides is 1. The molecule has 27 heavy (non-hydrogen) atoms. The molecule has 1 aromatic carbocycles. The molecule has 1 aromatic rings. The smallest absolute Gasteiger partial charge is 0.408 e. The number of carbonyl (C=O) groups excluding carboxylic acids is 2. The van der Waals surface area contributed by atoms with E-state index in [0.717, 1.165) is 24.8 Å². The minimum absolute atomic E-state index is 0.115. The molecule has 1 amide bonds. The van der Waals surface area contributed by atoms with Gasteiger partial charge >= 0.3 is 12.1 Å². The van der Waals surface area contributed by atoms with Crippen LogP contribution >= 0.6 is 0 Å². The summed E-state index contributed by atoms with van der Waals surface area (Å²) >= 11 is 0. The van der Waals surface area contributed by atoms with Crippen molar-refractivity contribution in [2.45, 2.75) is 58.1 Å². The summed E-state index contributed by atoms with van der Waals surface area (Å²) in [6, 6.07) is 8.41. The number of unbranched alkanes of at least 4 members (excludes halogenated alkanes) is 4. The summed E-state index contributed by atoms with van der Waals surface area (Å²) in [5.41, 5.74) is 0.853. The molecule has 0 aromatic heterocycles. The maximum absolute atomic E-state index is 12.1. The Labute approximate surface area is 164 Å². The van der Waals surface area contributed by atoms with E-state index in [1.165, 1.54) is 20.0 Å². The first-order valence-corrected chi connectivity index (χ1v) is 11.0. The first kappa shape index (κ1) is 23.1. The molecule has 6 nitrogen and oxygen atoms in total. The Balaban J connectivity index is 2.36. The summed E-state index contributed by atoms with van der Waals surface area (Å²) in [6.07, 6.45) is 5.09. The van der Waals surface area contributed by atoms with E-state index in [-0.39, 0.29) is 13.0 Å². The second kappa shape index (κ2) is 14.2. The third-order valence-electron chi connectivity index (χ3n) is 4.10. The van der Waals surface area contributed by atoms with E-state index in [2.05, 4.69) is 12.2 Å². The number of methoxy groups -OCH3 is 1. The molecule has 1 N–H and O–H groups in total. The van der Waals surface area contributed by atoms with Gasteiger partial charge in [0.25, 0.3) is 0 Å².